The minimum atomic E-state index is -0.567. The van der Waals surface area contributed by atoms with Crippen molar-refractivity contribution >= 4 is 74.2 Å². The van der Waals surface area contributed by atoms with Crippen LogP contribution in [-0.4, -0.2) is 69.2 Å². The van der Waals surface area contributed by atoms with Gasteiger partial charge in [0.1, 0.15) is 9.50 Å². The normalized spacial score (nSPS) is 11.1. The fourth-order valence-corrected chi connectivity index (χ4v) is 5.16. The molecule has 0 aliphatic heterocycles. The predicted octanol–water partition coefficient (Wildman–Crippen LogP) is 8.82. The average molecular weight is 917 g/mol. The van der Waals surface area contributed by atoms with Gasteiger partial charge in [0.05, 0.1) is 10.0 Å². The second-order valence-corrected chi connectivity index (χ2v) is 16.5. The van der Waals surface area contributed by atoms with Gasteiger partial charge < -0.3 is 30.4 Å². The number of rotatable bonds is 5. The number of aromatic nitrogens is 4. The summed E-state index contributed by atoms with van der Waals surface area (Å²) >= 11 is 20.4. The molecular formula is C39H54BrCl3N8O6. The van der Waals surface area contributed by atoms with Gasteiger partial charge >= 0.3 is 23.4 Å². The number of carbonyl (C=O) groups is 2. The highest BCUT2D eigenvalue weighted by Gasteiger charge is 2.20. The number of hydrogen-bond donors (Lipinski definition) is 4. The van der Waals surface area contributed by atoms with Crippen LogP contribution in [0.1, 0.15) is 83.8 Å². The Kier molecular flexibility index (Phi) is 20.1. The Bertz CT molecular complexity index is 2220. The maximum absolute atomic E-state index is 11.7. The highest BCUT2D eigenvalue weighted by atomic mass is 79.9. The predicted molar refractivity (Wildman–Crippen MR) is 237 cm³/mol. The second kappa shape index (κ2) is 22.6. The smallest absolute Gasteiger partial charge is 0.329 e. The number of carbonyl (C=O) groups excluding carboxylic acids is 2. The third-order valence-electron chi connectivity index (χ3n) is 7.98. The number of amides is 4. The van der Waals surface area contributed by atoms with E-state index in [4.69, 9.17) is 34.8 Å². The molecule has 2 heterocycles. The van der Waals surface area contributed by atoms with Gasteiger partial charge in [-0.25, -0.2) is 19.2 Å². The first-order chi connectivity index (χ1) is 26.2. The summed E-state index contributed by atoms with van der Waals surface area (Å²) in [5.41, 5.74) is 1.66. The number of hydrogen-bond acceptors (Lipinski definition) is 6. The number of nitrogens with one attached hydrogen (secondary N) is 4. The molecular weight excluding hydrogens is 863 g/mol. The van der Waals surface area contributed by atoms with E-state index in [0.717, 1.165) is 16.7 Å². The molecule has 0 spiro atoms. The molecule has 0 saturated heterocycles. The molecule has 0 aliphatic carbocycles. The number of benzene rings is 2. The molecule has 1 atom stereocenters. The molecule has 14 nitrogen and oxygen atoms in total. The van der Waals surface area contributed by atoms with Crippen molar-refractivity contribution in [1.29, 1.82) is 0 Å². The summed E-state index contributed by atoms with van der Waals surface area (Å²) in [4.78, 5) is 77.1. The number of H-pyrrole nitrogens is 2. The molecule has 0 aliphatic rings. The van der Waals surface area contributed by atoms with Crippen LogP contribution in [0.25, 0.3) is 0 Å². The SMILES string of the molecule is CC(C)c1ccc(NC(=O)N(C)C)cc1.CCC(C)n1c(=O)[nH]c(C)c(Br)c1=O.CN(C)C(=O)Nc1ccc(Cl)c(Cl)c1.Cc1[nH]c(=O)n(C(C)(C)C)c(=O)c1Cl. The zero-order valence-corrected chi connectivity index (χ0v) is 38.5. The third kappa shape index (κ3) is 15.5. The molecule has 4 amide bonds. The summed E-state index contributed by atoms with van der Waals surface area (Å²) in [7, 11) is 6.76. The van der Waals surface area contributed by atoms with Gasteiger partial charge in [0, 0.05) is 62.5 Å². The Morgan fingerprint density at radius 1 is 0.754 bits per heavy atom. The summed E-state index contributed by atoms with van der Waals surface area (Å²) in [6.45, 7) is 16.7. The Morgan fingerprint density at radius 3 is 1.67 bits per heavy atom. The van der Waals surface area contributed by atoms with Gasteiger partial charge in [-0.15, -0.1) is 0 Å². The van der Waals surface area contributed by atoms with E-state index in [1.807, 2.05) is 38.1 Å². The fourth-order valence-electron chi connectivity index (χ4n) is 4.44. The van der Waals surface area contributed by atoms with E-state index in [1.54, 1.807) is 81.0 Å². The molecule has 1 unspecified atom stereocenters. The zero-order valence-electron chi connectivity index (χ0n) is 34.7. The van der Waals surface area contributed by atoms with Crippen LogP contribution in [-0.2, 0) is 5.54 Å². The van der Waals surface area contributed by atoms with Crippen molar-refractivity contribution in [2.45, 2.75) is 86.2 Å². The van der Waals surface area contributed by atoms with Crippen LogP contribution < -0.4 is 33.1 Å². The van der Waals surface area contributed by atoms with Crippen LogP contribution in [0.2, 0.25) is 15.1 Å². The number of urea groups is 2. The van der Waals surface area contributed by atoms with E-state index in [2.05, 4.69) is 50.4 Å². The maximum Gasteiger partial charge on any atom is 0.329 e. The van der Waals surface area contributed by atoms with E-state index in [-0.39, 0.29) is 34.4 Å². The molecule has 18 heteroatoms. The summed E-state index contributed by atoms with van der Waals surface area (Å²) < 4.78 is 2.77. The first-order valence-electron chi connectivity index (χ1n) is 17.8. The zero-order chi connectivity index (χ0) is 44.1. The third-order valence-corrected chi connectivity index (χ3v) is 10.1. The summed E-state index contributed by atoms with van der Waals surface area (Å²) in [5, 5.41) is 6.40. The van der Waals surface area contributed by atoms with Crippen molar-refractivity contribution in [1.82, 2.24) is 28.9 Å². The Hall–Kier alpha value is -4.31. The maximum atomic E-state index is 11.7. The molecule has 0 radical (unpaired) electrons. The van der Waals surface area contributed by atoms with Crippen LogP contribution >= 0.6 is 50.7 Å². The second-order valence-electron chi connectivity index (χ2n) is 14.5. The lowest BCUT2D eigenvalue weighted by atomic mass is 10.0. The molecule has 0 fully saturated rings. The van der Waals surface area contributed by atoms with Gasteiger partial charge in [0.25, 0.3) is 11.1 Å². The molecule has 314 valence electrons. The van der Waals surface area contributed by atoms with E-state index in [1.165, 1.54) is 19.9 Å². The molecule has 2 aromatic heterocycles. The minimum absolute atomic E-state index is 0.0690. The van der Waals surface area contributed by atoms with Gasteiger partial charge in [0.15, 0.2) is 0 Å². The van der Waals surface area contributed by atoms with Crippen molar-refractivity contribution in [2.75, 3.05) is 38.8 Å². The first kappa shape index (κ1) is 50.7. The number of aromatic amines is 2. The Morgan fingerprint density at radius 2 is 1.23 bits per heavy atom. The lowest BCUT2D eigenvalue weighted by molar-refractivity contribution is 0.230. The minimum Gasteiger partial charge on any atom is -0.331 e. The average Bonchev–Trinajstić information content (AvgIpc) is 3.11. The highest BCUT2D eigenvalue weighted by molar-refractivity contribution is 9.10. The van der Waals surface area contributed by atoms with Gasteiger partial charge in [-0.1, -0.05) is 67.7 Å². The van der Waals surface area contributed by atoms with Gasteiger partial charge in [-0.3, -0.25) is 18.7 Å². The van der Waals surface area contributed by atoms with Crippen LogP contribution in [0.15, 0.2) is 66.1 Å². The monoisotopic (exact) mass is 914 g/mol. The largest absolute Gasteiger partial charge is 0.331 e. The quantitative estimate of drug-likeness (QED) is 0.156. The van der Waals surface area contributed by atoms with Crippen molar-refractivity contribution in [3.8, 4) is 0 Å². The molecule has 0 bridgehead atoms. The summed E-state index contributed by atoms with van der Waals surface area (Å²) in [6.07, 6.45) is 0.748. The highest BCUT2D eigenvalue weighted by Crippen LogP contribution is 2.25. The van der Waals surface area contributed by atoms with Crippen molar-refractivity contribution in [3.63, 3.8) is 0 Å². The number of aryl methyl sites for hydroxylation is 2. The lowest BCUT2D eigenvalue weighted by Gasteiger charge is -2.21. The topological polar surface area (TPSA) is 174 Å². The van der Waals surface area contributed by atoms with Crippen molar-refractivity contribution < 1.29 is 9.59 Å². The molecule has 4 aromatic rings. The summed E-state index contributed by atoms with van der Waals surface area (Å²) in [6, 6.07) is 12.5. The number of nitrogens with zero attached hydrogens (tertiary/aromatic N) is 4. The fraction of sp³-hybridized carbons (Fsp3) is 0.436. The Labute approximate surface area is 356 Å². The van der Waals surface area contributed by atoms with Crippen molar-refractivity contribution in [3.05, 3.63) is 121 Å². The van der Waals surface area contributed by atoms with Gasteiger partial charge in [0.2, 0.25) is 0 Å². The van der Waals surface area contributed by atoms with Crippen LogP contribution in [0, 0.1) is 13.8 Å². The first-order valence-corrected chi connectivity index (χ1v) is 19.7. The van der Waals surface area contributed by atoms with Crippen LogP contribution in [0.4, 0.5) is 21.0 Å². The van der Waals surface area contributed by atoms with E-state index >= 15 is 0 Å². The molecule has 0 saturated carbocycles. The van der Waals surface area contributed by atoms with E-state index in [0.29, 0.717) is 37.5 Å². The molecule has 4 rings (SSSR count). The van der Waals surface area contributed by atoms with Crippen molar-refractivity contribution in [2.24, 2.45) is 0 Å². The van der Waals surface area contributed by atoms with Crippen LogP contribution in [0.3, 0.4) is 0 Å². The van der Waals surface area contributed by atoms with E-state index in [9.17, 15) is 28.8 Å². The number of halogens is 4. The van der Waals surface area contributed by atoms with Crippen LogP contribution in [0.5, 0.6) is 0 Å². The van der Waals surface area contributed by atoms with E-state index < -0.39 is 16.8 Å². The van der Waals surface area contributed by atoms with Gasteiger partial charge in [-0.2, -0.15) is 0 Å². The summed E-state index contributed by atoms with van der Waals surface area (Å²) in [5.74, 6) is 0.517. The molecule has 4 N–H and O–H groups in total. The Balaban J connectivity index is 0.000000380. The lowest BCUT2D eigenvalue weighted by Crippen LogP contribution is -2.45. The molecule has 2 aromatic carbocycles. The van der Waals surface area contributed by atoms with Gasteiger partial charge in [-0.05, 0) is 106 Å². The number of anilines is 2. The standard InChI is InChI=1S/C12H18N2O.C9H13BrN2O2.C9H10Cl2N2O.C9H13ClN2O2/c1-9(2)10-5-7-11(8-6-10)13-12(15)14(3)4;1-4-5(2)12-8(13)7(10)6(3)11-9(12)14;1-13(2)9(14)12-6-3-4-7(10)8(11)5-6;1-5-6(10)7(13)12(8(14)11-5)9(2,3)4/h5-9H,1-4H3,(H,13,15);5H,4H2,1-3H3,(H,11,14);3-5H,1-2H3,(H,12,14);1-4H3,(H,11,14). The molecule has 57 heavy (non-hydrogen) atoms.